The van der Waals surface area contributed by atoms with Gasteiger partial charge in [-0.3, -0.25) is 4.79 Å². The summed E-state index contributed by atoms with van der Waals surface area (Å²) >= 11 is 3.17. The van der Waals surface area contributed by atoms with Gasteiger partial charge in [-0.15, -0.1) is 0 Å². The zero-order valence-corrected chi connectivity index (χ0v) is 12.4. The van der Waals surface area contributed by atoms with Crippen molar-refractivity contribution < 1.29 is 19.1 Å². The fourth-order valence-corrected chi connectivity index (χ4v) is 2.76. The van der Waals surface area contributed by atoms with Crippen molar-refractivity contribution in [3.63, 3.8) is 0 Å². The van der Waals surface area contributed by atoms with Crippen LogP contribution in [0.5, 0.6) is 0 Å². The Morgan fingerprint density at radius 1 is 1.45 bits per heavy atom. The highest BCUT2D eigenvalue weighted by Crippen LogP contribution is 2.20. The molecule has 1 saturated heterocycles. The molecule has 0 bridgehead atoms. The number of hydrogen-bond donors (Lipinski definition) is 1. The lowest BCUT2D eigenvalue weighted by Crippen LogP contribution is -2.40. The van der Waals surface area contributed by atoms with Crippen LogP contribution >= 0.6 is 15.9 Å². The van der Waals surface area contributed by atoms with Crippen molar-refractivity contribution in [3.8, 4) is 0 Å². The summed E-state index contributed by atoms with van der Waals surface area (Å²) in [6.07, 6.45) is 1.60. The van der Waals surface area contributed by atoms with Crippen LogP contribution in [-0.2, 0) is 16.0 Å². The summed E-state index contributed by atoms with van der Waals surface area (Å²) in [5, 5.41) is 9.03. The van der Waals surface area contributed by atoms with Gasteiger partial charge in [-0.25, -0.2) is 9.18 Å². The maximum atomic E-state index is 13.6. The Hall–Kier alpha value is -1.43. The van der Waals surface area contributed by atoms with Crippen LogP contribution in [0.15, 0.2) is 22.7 Å². The second kappa shape index (κ2) is 6.35. The molecule has 0 aliphatic carbocycles. The second-order valence-corrected chi connectivity index (χ2v) is 5.73. The van der Waals surface area contributed by atoms with Crippen molar-refractivity contribution in [3.05, 3.63) is 34.1 Å². The average Bonchev–Trinajstić information content (AvgIpc) is 2.86. The van der Waals surface area contributed by atoms with Gasteiger partial charge < -0.3 is 10.0 Å². The molecule has 6 heteroatoms. The number of nitrogens with zero attached hydrogens (tertiary/aromatic N) is 1. The summed E-state index contributed by atoms with van der Waals surface area (Å²) in [7, 11) is 0. The number of carbonyl (C=O) groups excluding carboxylic acids is 1. The maximum Gasteiger partial charge on any atom is 0.326 e. The van der Waals surface area contributed by atoms with E-state index < -0.39 is 12.0 Å². The molecule has 1 amide bonds. The highest BCUT2D eigenvalue weighted by Gasteiger charge is 2.33. The predicted molar refractivity (Wildman–Crippen MR) is 74.8 cm³/mol. The molecule has 1 heterocycles. The molecule has 1 aliphatic heterocycles. The number of hydrogen-bond acceptors (Lipinski definition) is 2. The highest BCUT2D eigenvalue weighted by molar-refractivity contribution is 9.10. The Kier molecular flexibility index (Phi) is 4.75. The molecule has 4 nitrogen and oxygen atoms in total. The molecule has 0 saturated carbocycles. The number of amides is 1. The molecule has 1 N–H and O–H groups in total. The van der Waals surface area contributed by atoms with Gasteiger partial charge in [0.1, 0.15) is 11.9 Å². The number of likely N-dealkylation sites (tertiary alicyclic amines) is 1. The van der Waals surface area contributed by atoms with Gasteiger partial charge in [0.25, 0.3) is 0 Å². The van der Waals surface area contributed by atoms with Crippen molar-refractivity contribution in [2.75, 3.05) is 6.54 Å². The molecule has 20 heavy (non-hydrogen) atoms. The van der Waals surface area contributed by atoms with Crippen LogP contribution in [0.3, 0.4) is 0 Å². The summed E-state index contributed by atoms with van der Waals surface area (Å²) < 4.78 is 14.3. The van der Waals surface area contributed by atoms with E-state index in [1.165, 1.54) is 11.0 Å². The molecule has 1 aliphatic rings. The Morgan fingerprint density at radius 3 is 2.85 bits per heavy atom. The molecule has 1 aromatic rings. The van der Waals surface area contributed by atoms with Crippen molar-refractivity contribution in [1.29, 1.82) is 0 Å². The van der Waals surface area contributed by atoms with E-state index in [0.717, 1.165) is 0 Å². The van der Waals surface area contributed by atoms with E-state index in [4.69, 9.17) is 5.11 Å². The standard InChI is InChI=1S/C14H15BrFNO3/c15-10-5-3-9(11(16)8-10)4-6-13(18)17-7-1-2-12(17)14(19)20/h3,5,8,12H,1-2,4,6-7H2,(H,19,20)/t12-/m0/s1. The minimum Gasteiger partial charge on any atom is -0.480 e. The molecule has 0 aromatic heterocycles. The van der Waals surface area contributed by atoms with Gasteiger partial charge in [0.15, 0.2) is 0 Å². The first kappa shape index (κ1) is 15.0. The number of benzene rings is 1. The number of carboxylic acids is 1. The lowest BCUT2D eigenvalue weighted by atomic mass is 10.1. The monoisotopic (exact) mass is 343 g/mol. The Bertz CT molecular complexity index is 535. The van der Waals surface area contributed by atoms with E-state index in [0.29, 0.717) is 29.4 Å². The molecular weight excluding hydrogens is 329 g/mol. The first-order chi connectivity index (χ1) is 9.49. The molecule has 2 rings (SSSR count). The molecule has 108 valence electrons. The Labute approximate surface area is 124 Å². The first-order valence-electron chi connectivity index (χ1n) is 6.45. The molecule has 0 unspecified atom stereocenters. The topological polar surface area (TPSA) is 57.6 Å². The van der Waals surface area contributed by atoms with E-state index >= 15 is 0 Å². The average molecular weight is 344 g/mol. The molecule has 1 aromatic carbocycles. The fourth-order valence-electron chi connectivity index (χ4n) is 2.43. The van der Waals surface area contributed by atoms with E-state index in [1.54, 1.807) is 12.1 Å². The Morgan fingerprint density at radius 2 is 2.20 bits per heavy atom. The van der Waals surface area contributed by atoms with Crippen LogP contribution < -0.4 is 0 Å². The van der Waals surface area contributed by atoms with Gasteiger partial charge in [0.2, 0.25) is 5.91 Å². The zero-order valence-electron chi connectivity index (χ0n) is 10.8. The van der Waals surface area contributed by atoms with Gasteiger partial charge in [-0.1, -0.05) is 22.0 Å². The predicted octanol–water partition coefficient (Wildman–Crippen LogP) is 2.60. The van der Waals surface area contributed by atoms with Gasteiger partial charge in [0.05, 0.1) is 0 Å². The van der Waals surface area contributed by atoms with Gasteiger partial charge in [0, 0.05) is 17.4 Å². The molecule has 0 radical (unpaired) electrons. The van der Waals surface area contributed by atoms with Gasteiger partial charge >= 0.3 is 5.97 Å². The van der Waals surface area contributed by atoms with Crippen molar-refractivity contribution in [1.82, 2.24) is 4.90 Å². The lowest BCUT2D eigenvalue weighted by molar-refractivity contribution is -0.148. The summed E-state index contributed by atoms with van der Waals surface area (Å²) in [6, 6.07) is 3.98. The van der Waals surface area contributed by atoms with Crippen LogP contribution in [0.1, 0.15) is 24.8 Å². The summed E-state index contributed by atoms with van der Waals surface area (Å²) in [5.41, 5.74) is 0.465. The Balaban J connectivity index is 1.96. The van der Waals surface area contributed by atoms with Gasteiger partial charge in [-0.05, 0) is 37.0 Å². The third-order valence-electron chi connectivity index (χ3n) is 3.48. The zero-order chi connectivity index (χ0) is 14.7. The molecule has 0 spiro atoms. The van der Waals surface area contributed by atoms with E-state index in [-0.39, 0.29) is 24.6 Å². The number of halogens is 2. The maximum absolute atomic E-state index is 13.6. The molecule has 1 fully saturated rings. The number of aryl methyl sites for hydroxylation is 1. The van der Waals surface area contributed by atoms with Crippen molar-refractivity contribution in [2.24, 2.45) is 0 Å². The lowest BCUT2D eigenvalue weighted by Gasteiger charge is -2.21. The first-order valence-corrected chi connectivity index (χ1v) is 7.24. The second-order valence-electron chi connectivity index (χ2n) is 4.82. The van der Waals surface area contributed by atoms with Crippen LogP contribution in [-0.4, -0.2) is 34.5 Å². The number of carbonyl (C=O) groups is 2. The largest absolute Gasteiger partial charge is 0.480 e. The number of carboxylic acid groups (broad SMARTS) is 1. The van der Waals surface area contributed by atoms with Crippen LogP contribution in [0.4, 0.5) is 4.39 Å². The summed E-state index contributed by atoms with van der Waals surface area (Å²) in [4.78, 5) is 24.5. The normalized spacial score (nSPS) is 18.3. The van der Waals surface area contributed by atoms with E-state index in [9.17, 15) is 14.0 Å². The van der Waals surface area contributed by atoms with Crippen molar-refractivity contribution >= 4 is 27.8 Å². The van der Waals surface area contributed by atoms with E-state index in [1.807, 2.05) is 0 Å². The van der Waals surface area contributed by atoms with Crippen LogP contribution in [0.2, 0.25) is 0 Å². The summed E-state index contributed by atoms with van der Waals surface area (Å²) in [5.74, 6) is -1.55. The quantitative estimate of drug-likeness (QED) is 0.914. The number of rotatable bonds is 4. The third kappa shape index (κ3) is 3.36. The van der Waals surface area contributed by atoms with Crippen LogP contribution in [0.25, 0.3) is 0 Å². The minimum absolute atomic E-state index is 0.127. The SMILES string of the molecule is O=C(O)[C@@H]1CCCN1C(=O)CCc1ccc(Br)cc1F. The smallest absolute Gasteiger partial charge is 0.326 e. The van der Waals surface area contributed by atoms with Gasteiger partial charge in [-0.2, -0.15) is 0 Å². The minimum atomic E-state index is -0.967. The third-order valence-corrected chi connectivity index (χ3v) is 3.97. The number of aliphatic carboxylic acids is 1. The van der Waals surface area contributed by atoms with E-state index in [2.05, 4.69) is 15.9 Å². The fraction of sp³-hybridized carbons (Fsp3) is 0.429. The summed E-state index contributed by atoms with van der Waals surface area (Å²) in [6.45, 7) is 0.471. The van der Waals surface area contributed by atoms with Crippen molar-refractivity contribution in [2.45, 2.75) is 31.7 Å². The molecular formula is C14H15BrFNO3. The van der Waals surface area contributed by atoms with Crippen LogP contribution in [0, 0.1) is 5.82 Å². The highest BCUT2D eigenvalue weighted by atomic mass is 79.9. The molecule has 1 atom stereocenters.